The molecule has 2 nitrogen and oxygen atoms in total. The van der Waals surface area contributed by atoms with E-state index >= 15 is 0 Å². The Morgan fingerprint density at radius 1 is 1.23 bits per heavy atom. The van der Waals surface area contributed by atoms with E-state index in [1.807, 2.05) is 4.90 Å². The molecule has 0 radical (unpaired) electrons. The average Bonchev–Trinajstić information content (AvgIpc) is 2.17. The molecule has 0 bridgehead atoms. The second-order valence-corrected chi connectivity index (χ2v) is 5.02. The Morgan fingerprint density at radius 3 is 2.23 bits per heavy atom. The van der Waals surface area contributed by atoms with Gasteiger partial charge >= 0.3 is 0 Å². The highest BCUT2D eigenvalue weighted by Crippen LogP contribution is 2.18. The van der Waals surface area contributed by atoms with Crippen molar-refractivity contribution in [1.29, 1.82) is 0 Å². The highest BCUT2D eigenvalue weighted by Gasteiger charge is 2.25. The van der Waals surface area contributed by atoms with Gasteiger partial charge in [-0.3, -0.25) is 4.79 Å². The van der Waals surface area contributed by atoms with E-state index in [9.17, 15) is 4.79 Å². The van der Waals surface area contributed by atoms with E-state index in [-0.39, 0.29) is 10.7 Å². The lowest BCUT2D eigenvalue weighted by Gasteiger charge is -2.29. The largest absolute Gasteiger partial charge is 0.342 e. The standard InChI is InChI=1S/C10H18BrNO/c1-8(2)9(11)10(13)12-6-4-3-5-7-12/h8-9H,3-7H2,1-2H3/t9-/m1/s1. The van der Waals surface area contributed by atoms with Crippen molar-refractivity contribution in [3.8, 4) is 0 Å². The first-order valence-electron chi connectivity index (χ1n) is 5.06. The molecule has 1 rings (SSSR count). The van der Waals surface area contributed by atoms with Crippen molar-refractivity contribution in [2.24, 2.45) is 5.92 Å². The molecule has 0 unspecified atom stereocenters. The number of rotatable bonds is 2. The van der Waals surface area contributed by atoms with E-state index in [1.165, 1.54) is 19.3 Å². The summed E-state index contributed by atoms with van der Waals surface area (Å²) in [7, 11) is 0. The summed E-state index contributed by atoms with van der Waals surface area (Å²) in [5.41, 5.74) is 0. The molecule has 1 fully saturated rings. The Hall–Kier alpha value is -0.0500. The number of alkyl halides is 1. The van der Waals surface area contributed by atoms with Crippen LogP contribution in [0.5, 0.6) is 0 Å². The van der Waals surface area contributed by atoms with E-state index < -0.39 is 0 Å². The summed E-state index contributed by atoms with van der Waals surface area (Å²) in [6.07, 6.45) is 3.62. The van der Waals surface area contributed by atoms with Crippen molar-refractivity contribution in [2.45, 2.75) is 37.9 Å². The van der Waals surface area contributed by atoms with Crippen LogP contribution in [-0.4, -0.2) is 28.7 Å². The average molecular weight is 248 g/mol. The quantitative estimate of drug-likeness (QED) is 0.687. The first kappa shape index (κ1) is 11.0. The monoisotopic (exact) mass is 247 g/mol. The lowest BCUT2D eigenvalue weighted by molar-refractivity contribution is -0.132. The Kier molecular flexibility index (Phi) is 4.23. The molecule has 0 aliphatic carbocycles. The topological polar surface area (TPSA) is 20.3 Å². The number of nitrogens with zero attached hydrogens (tertiary/aromatic N) is 1. The van der Waals surface area contributed by atoms with Crippen molar-refractivity contribution in [3.05, 3.63) is 0 Å². The summed E-state index contributed by atoms with van der Waals surface area (Å²) in [6, 6.07) is 0. The number of amides is 1. The number of likely N-dealkylation sites (tertiary alicyclic amines) is 1. The van der Waals surface area contributed by atoms with E-state index in [1.54, 1.807) is 0 Å². The summed E-state index contributed by atoms with van der Waals surface area (Å²) >= 11 is 3.45. The molecule has 1 saturated heterocycles. The van der Waals surface area contributed by atoms with Gasteiger partial charge in [0.2, 0.25) is 5.91 Å². The third-order valence-electron chi connectivity index (χ3n) is 2.49. The Morgan fingerprint density at radius 2 is 1.77 bits per heavy atom. The number of hydrogen-bond donors (Lipinski definition) is 0. The van der Waals surface area contributed by atoms with Gasteiger partial charge in [0.15, 0.2) is 0 Å². The molecule has 0 saturated carbocycles. The molecule has 0 aromatic heterocycles. The van der Waals surface area contributed by atoms with Gasteiger partial charge in [0.05, 0.1) is 4.83 Å². The Balaban J connectivity index is 2.45. The summed E-state index contributed by atoms with van der Waals surface area (Å²) in [4.78, 5) is 13.8. The van der Waals surface area contributed by atoms with Gasteiger partial charge < -0.3 is 4.90 Å². The zero-order chi connectivity index (χ0) is 9.84. The maximum absolute atomic E-state index is 11.8. The van der Waals surface area contributed by atoms with Crippen LogP contribution in [-0.2, 0) is 4.79 Å². The van der Waals surface area contributed by atoms with Crippen molar-refractivity contribution >= 4 is 21.8 Å². The molecule has 1 amide bonds. The summed E-state index contributed by atoms with van der Waals surface area (Å²) in [5.74, 6) is 0.657. The maximum atomic E-state index is 11.8. The molecule has 1 aliphatic heterocycles. The zero-order valence-corrected chi connectivity index (χ0v) is 10.0. The number of carbonyl (C=O) groups is 1. The van der Waals surface area contributed by atoms with Gasteiger partial charge in [0.1, 0.15) is 0 Å². The van der Waals surface area contributed by atoms with Gasteiger partial charge in [0, 0.05) is 13.1 Å². The number of halogens is 1. The third kappa shape index (κ3) is 2.97. The SMILES string of the molecule is CC(C)[C@@H](Br)C(=O)N1CCCCC1. The van der Waals surface area contributed by atoms with Crippen LogP contribution < -0.4 is 0 Å². The van der Waals surface area contributed by atoms with Gasteiger partial charge in [-0.1, -0.05) is 29.8 Å². The first-order chi connectivity index (χ1) is 6.13. The smallest absolute Gasteiger partial charge is 0.236 e. The molecule has 1 aliphatic rings. The highest BCUT2D eigenvalue weighted by molar-refractivity contribution is 9.10. The van der Waals surface area contributed by atoms with Gasteiger partial charge in [-0.2, -0.15) is 0 Å². The van der Waals surface area contributed by atoms with Crippen LogP contribution in [0.2, 0.25) is 0 Å². The zero-order valence-electron chi connectivity index (χ0n) is 8.42. The van der Waals surface area contributed by atoms with Crippen LogP contribution in [0.3, 0.4) is 0 Å². The fourth-order valence-electron chi connectivity index (χ4n) is 1.57. The third-order valence-corrected chi connectivity index (χ3v) is 3.94. The van der Waals surface area contributed by atoms with Crippen molar-refractivity contribution in [2.75, 3.05) is 13.1 Å². The molecular formula is C10H18BrNO. The maximum Gasteiger partial charge on any atom is 0.236 e. The van der Waals surface area contributed by atoms with E-state index in [2.05, 4.69) is 29.8 Å². The molecule has 0 N–H and O–H groups in total. The summed E-state index contributed by atoms with van der Waals surface area (Å²) in [6.45, 7) is 6.05. The van der Waals surface area contributed by atoms with Crippen molar-refractivity contribution in [1.82, 2.24) is 4.90 Å². The van der Waals surface area contributed by atoms with Crippen LogP contribution in [0.1, 0.15) is 33.1 Å². The second kappa shape index (κ2) is 4.99. The first-order valence-corrected chi connectivity index (χ1v) is 5.97. The lowest BCUT2D eigenvalue weighted by Crippen LogP contribution is -2.41. The van der Waals surface area contributed by atoms with E-state index in [4.69, 9.17) is 0 Å². The van der Waals surface area contributed by atoms with E-state index in [0.717, 1.165) is 13.1 Å². The number of piperidine rings is 1. The molecule has 1 atom stereocenters. The molecule has 0 aromatic rings. The van der Waals surface area contributed by atoms with E-state index in [0.29, 0.717) is 5.92 Å². The second-order valence-electron chi connectivity index (χ2n) is 4.03. The predicted octanol–water partition coefficient (Wildman–Crippen LogP) is 2.42. The summed E-state index contributed by atoms with van der Waals surface area (Å²) < 4.78 is 0. The molecule has 0 spiro atoms. The molecule has 76 valence electrons. The number of hydrogen-bond acceptors (Lipinski definition) is 1. The molecule has 0 aromatic carbocycles. The van der Waals surface area contributed by atoms with Gasteiger partial charge in [0.25, 0.3) is 0 Å². The van der Waals surface area contributed by atoms with Crippen molar-refractivity contribution in [3.63, 3.8) is 0 Å². The van der Waals surface area contributed by atoms with Crippen LogP contribution in [0.25, 0.3) is 0 Å². The molecule has 3 heteroatoms. The van der Waals surface area contributed by atoms with Crippen LogP contribution in [0, 0.1) is 5.92 Å². The normalized spacial score (nSPS) is 20.5. The minimum atomic E-state index is 0.00519. The minimum absolute atomic E-state index is 0.00519. The number of carbonyl (C=O) groups excluding carboxylic acids is 1. The highest BCUT2D eigenvalue weighted by atomic mass is 79.9. The van der Waals surface area contributed by atoms with Gasteiger partial charge in [-0.25, -0.2) is 0 Å². The Labute approximate surface area is 88.8 Å². The fraction of sp³-hybridized carbons (Fsp3) is 0.900. The molecular weight excluding hydrogens is 230 g/mol. The molecule has 13 heavy (non-hydrogen) atoms. The fourth-order valence-corrected chi connectivity index (χ4v) is 1.86. The van der Waals surface area contributed by atoms with Crippen LogP contribution in [0.15, 0.2) is 0 Å². The van der Waals surface area contributed by atoms with Gasteiger partial charge in [-0.05, 0) is 25.2 Å². The van der Waals surface area contributed by atoms with Gasteiger partial charge in [-0.15, -0.1) is 0 Å². The van der Waals surface area contributed by atoms with Crippen LogP contribution in [0.4, 0.5) is 0 Å². The predicted molar refractivity (Wildman–Crippen MR) is 58.0 cm³/mol. The lowest BCUT2D eigenvalue weighted by atomic mass is 10.1. The minimum Gasteiger partial charge on any atom is -0.342 e. The Bertz CT molecular complexity index is 176. The summed E-state index contributed by atoms with van der Waals surface area (Å²) in [5, 5.41) is 0. The van der Waals surface area contributed by atoms with Crippen LogP contribution >= 0.6 is 15.9 Å². The van der Waals surface area contributed by atoms with Crippen molar-refractivity contribution < 1.29 is 4.79 Å². The molecule has 1 heterocycles.